The summed E-state index contributed by atoms with van der Waals surface area (Å²) in [4.78, 5) is 49.4. The van der Waals surface area contributed by atoms with Crippen molar-refractivity contribution < 1.29 is 23.9 Å². The van der Waals surface area contributed by atoms with E-state index in [1.54, 1.807) is 24.3 Å². The summed E-state index contributed by atoms with van der Waals surface area (Å²) < 4.78 is 4.91. The van der Waals surface area contributed by atoms with E-state index in [1.807, 2.05) is 12.2 Å². The number of hydrogen-bond acceptors (Lipinski definition) is 5. The first kappa shape index (κ1) is 19.1. The summed E-state index contributed by atoms with van der Waals surface area (Å²) in [5.74, 6) is -2.23. The van der Waals surface area contributed by atoms with E-state index in [2.05, 4.69) is 5.32 Å². The van der Waals surface area contributed by atoms with E-state index in [0.29, 0.717) is 23.6 Å². The Balaban J connectivity index is 1.42. The van der Waals surface area contributed by atoms with Gasteiger partial charge in [-0.1, -0.05) is 23.8 Å². The Morgan fingerprint density at radius 3 is 2.26 bits per heavy atom. The molecule has 0 bridgehead atoms. The van der Waals surface area contributed by atoms with Gasteiger partial charge in [-0.15, -0.1) is 0 Å². The molecule has 0 spiro atoms. The van der Waals surface area contributed by atoms with E-state index < -0.39 is 18.5 Å². The summed E-state index contributed by atoms with van der Waals surface area (Å²) in [5, 5.41) is 3.11. The molecule has 1 aromatic carbocycles. The molecule has 27 heavy (non-hydrogen) atoms. The highest BCUT2D eigenvalue weighted by molar-refractivity contribution is 6.30. The monoisotopic (exact) mass is 390 g/mol. The molecule has 2 atom stereocenters. The molecular formula is C19H19ClN2O5. The van der Waals surface area contributed by atoms with Gasteiger partial charge in [0.1, 0.15) is 0 Å². The molecule has 1 saturated heterocycles. The van der Waals surface area contributed by atoms with E-state index >= 15 is 0 Å². The highest BCUT2D eigenvalue weighted by Crippen LogP contribution is 2.34. The van der Waals surface area contributed by atoms with Crippen molar-refractivity contribution in [3.8, 4) is 0 Å². The number of hydrogen-bond donors (Lipinski definition) is 1. The van der Waals surface area contributed by atoms with Gasteiger partial charge in [0.15, 0.2) is 6.61 Å². The average molecular weight is 391 g/mol. The van der Waals surface area contributed by atoms with Crippen LogP contribution in [0.5, 0.6) is 0 Å². The average Bonchev–Trinajstić information content (AvgIpc) is 2.91. The fourth-order valence-corrected chi connectivity index (χ4v) is 3.37. The van der Waals surface area contributed by atoms with Crippen LogP contribution in [0.2, 0.25) is 5.02 Å². The number of rotatable bonds is 6. The van der Waals surface area contributed by atoms with Gasteiger partial charge in [0.25, 0.3) is 5.91 Å². The van der Waals surface area contributed by atoms with E-state index in [-0.39, 0.29) is 36.6 Å². The Morgan fingerprint density at radius 1 is 1.07 bits per heavy atom. The predicted molar refractivity (Wildman–Crippen MR) is 97.7 cm³/mol. The van der Waals surface area contributed by atoms with Gasteiger partial charge in [-0.25, -0.2) is 0 Å². The lowest BCUT2D eigenvalue weighted by Crippen LogP contribution is -2.33. The minimum Gasteiger partial charge on any atom is -0.456 e. The number of halogens is 1. The third-order valence-corrected chi connectivity index (χ3v) is 4.88. The quantitative estimate of drug-likeness (QED) is 0.456. The van der Waals surface area contributed by atoms with E-state index in [1.165, 1.54) is 0 Å². The van der Waals surface area contributed by atoms with Gasteiger partial charge in [-0.3, -0.25) is 24.1 Å². The van der Waals surface area contributed by atoms with Crippen molar-refractivity contribution >= 4 is 41.0 Å². The van der Waals surface area contributed by atoms with E-state index in [9.17, 15) is 19.2 Å². The van der Waals surface area contributed by atoms with Crippen molar-refractivity contribution in [3.05, 3.63) is 41.4 Å². The third kappa shape index (κ3) is 4.54. The fraction of sp³-hybridized carbons (Fsp3) is 0.368. The number of likely N-dealkylation sites (tertiary alicyclic amines) is 1. The predicted octanol–water partition coefficient (Wildman–Crippen LogP) is 2.16. The smallest absolute Gasteiger partial charge is 0.308 e. The molecule has 1 heterocycles. The topological polar surface area (TPSA) is 92.8 Å². The lowest BCUT2D eigenvalue weighted by Gasteiger charge is -2.14. The molecule has 1 fully saturated rings. The second kappa shape index (κ2) is 8.35. The summed E-state index contributed by atoms with van der Waals surface area (Å²) >= 11 is 5.76. The zero-order valence-corrected chi connectivity index (χ0v) is 15.3. The summed E-state index contributed by atoms with van der Waals surface area (Å²) in [5.41, 5.74) is 0.532. The summed E-state index contributed by atoms with van der Waals surface area (Å²) in [6.07, 6.45) is 4.79. The van der Waals surface area contributed by atoms with E-state index in [0.717, 1.165) is 4.90 Å². The highest BCUT2D eigenvalue weighted by Gasteiger charge is 2.46. The van der Waals surface area contributed by atoms with Crippen LogP contribution in [0, 0.1) is 11.8 Å². The van der Waals surface area contributed by atoms with Gasteiger partial charge in [-0.05, 0) is 37.1 Å². The van der Waals surface area contributed by atoms with Crippen molar-refractivity contribution in [2.75, 3.05) is 18.5 Å². The van der Waals surface area contributed by atoms with Crippen LogP contribution < -0.4 is 5.32 Å². The van der Waals surface area contributed by atoms with E-state index in [4.69, 9.17) is 16.3 Å². The maximum Gasteiger partial charge on any atom is 0.308 e. The maximum atomic E-state index is 12.3. The molecule has 0 radical (unpaired) electrons. The van der Waals surface area contributed by atoms with Gasteiger partial charge in [-0.2, -0.15) is 0 Å². The minimum absolute atomic E-state index is 0.0255. The number of fused-ring (bicyclic) bond motifs is 1. The van der Waals surface area contributed by atoms with Crippen LogP contribution in [0.4, 0.5) is 5.69 Å². The van der Waals surface area contributed by atoms with Gasteiger partial charge >= 0.3 is 5.97 Å². The molecule has 3 rings (SSSR count). The molecule has 142 valence electrons. The molecule has 1 aromatic rings. The second-order valence-electron chi connectivity index (χ2n) is 6.45. The molecule has 0 saturated carbocycles. The maximum absolute atomic E-state index is 12.3. The van der Waals surface area contributed by atoms with Gasteiger partial charge in [0.05, 0.1) is 18.3 Å². The molecule has 2 aliphatic rings. The Labute approximate surface area is 161 Å². The lowest BCUT2D eigenvalue weighted by atomic mass is 9.85. The highest BCUT2D eigenvalue weighted by atomic mass is 35.5. The van der Waals surface area contributed by atoms with Crippen molar-refractivity contribution in [1.29, 1.82) is 0 Å². The zero-order chi connectivity index (χ0) is 19.4. The van der Waals surface area contributed by atoms with Crippen molar-refractivity contribution in [2.45, 2.75) is 19.3 Å². The normalized spacial score (nSPS) is 21.1. The van der Waals surface area contributed by atoms with Gasteiger partial charge in [0.2, 0.25) is 11.8 Å². The van der Waals surface area contributed by atoms with Crippen molar-refractivity contribution in [1.82, 2.24) is 4.90 Å². The molecule has 8 heteroatoms. The Kier molecular flexibility index (Phi) is 5.91. The van der Waals surface area contributed by atoms with Crippen LogP contribution in [0.25, 0.3) is 0 Å². The molecule has 1 aliphatic heterocycles. The van der Waals surface area contributed by atoms with Crippen LogP contribution >= 0.6 is 11.6 Å². The van der Waals surface area contributed by atoms with Gasteiger partial charge in [0, 0.05) is 17.3 Å². The second-order valence-corrected chi connectivity index (χ2v) is 6.89. The summed E-state index contributed by atoms with van der Waals surface area (Å²) in [7, 11) is 0. The number of benzene rings is 1. The Bertz CT molecular complexity index is 764. The van der Waals surface area contributed by atoms with Crippen LogP contribution in [0.3, 0.4) is 0 Å². The van der Waals surface area contributed by atoms with Crippen molar-refractivity contribution in [2.24, 2.45) is 11.8 Å². The largest absolute Gasteiger partial charge is 0.456 e. The Hall–Kier alpha value is -2.67. The van der Waals surface area contributed by atoms with Crippen LogP contribution in [-0.2, 0) is 23.9 Å². The third-order valence-electron chi connectivity index (χ3n) is 4.63. The number of amides is 3. The van der Waals surface area contributed by atoms with Crippen LogP contribution in [-0.4, -0.2) is 41.7 Å². The molecule has 0 aromatic heterocycles. The first-order valence-corrected chi connectivity index (χ1v) is 9.05. The minimum atomic E-state index is -0.644. The number of carbonyl (C=O) groups is 4. The molecule has 0 unspecified atom stereocenters. The van der Waals surface area contributed by atoms with Gasteiger partial charge < -0.3 is 10.1 Å². The SMILES string of the molecule is O=C(COC(=O)CCN1C(=O)[C@@H]2CC=CC[C@H]2C1=O)Nc1ccc(Cl)cc1. The van der Waals surface area contributed by atoms with Crippen molar-refractivity contribution in [3.63, 3.8) is 0 Å². The van der Waals surface area contributed by atoms with Crippen LogP contribution in [0.15, 0.2) is 36.4 Å². The summed E-state index contributed by atoms with van der Waals surface area (Å²) in [6.45, 7) is -0.471. The molecule has 7 nitrogen and oxygen atoms in total. The number of anilines is 1. The Morgan fingerprint density at radius 2 is 1.67 bits per heavy atom. The number of nitrogens with zero attached hydrogens (tertiary/aromatic N) is 1. The standard InChI is InChI=1S/C19H19ClN2O5/c20-12-5-7-13(8-6-12)21-16(23)11-27-17(24)9-10-22-18(25)14-3-1-2-4-15(14)19(22)26/h1-2,5-8,14-15H,3-4,9-11H2,(H,21,23)/t14-,15-/m1/s1. The summed E-state index contributed by atoms with van der Waals surface area (Å²) in [6, 6.07) is 6.50. The number of esters is 1. The lowest BCUT2D eigenvalue weighted by molar-refractivity contribution is -0.148. The zero-order valence-electron chi connectivity index (χ0n) is 14.5. The first-order chi connectivity index (χ1) is 13.0. The molecule has 1 aliphatic carbocycles. The molecule has 3 amide bonds. The number of carbonyl (C=O) groups excluding carboxylic acids is 4. The molecule has 1 N–H and O–H groups in total. The fourth-order valence-electron chi connectivity index (χ4n) is 3.24. The molecular weight excluding hydrogens is 372 g/mol. The number of imide groups is 1. The number of ether oxygens (including phenoxy) is 1. The number of allylic oxidation sites excluding steroid dienone is 2. The van der Waals surface area contributed by atoms with Crippen LogP contribution in [0.1, 0.15) is 19.3 Å². The first-order valence-electron chi connectivity index (χ1n) is 8.67. The number of nitrogens with one attached hydrogen (secondary N) is 1.